The molecule has 4 rings (SSSR count). The molecule has 1 amide bonds. The van der Waals surface area contributed by atoms with Gasteiger partial charge in [-0.15, -0.1) is 0 Å². The molecule has 18 heteroatoms. The van der Waals surface area contributed by atoms with Crippen LogP contribution in [0.5, 0.6) is 0 Å². The Morgan fingerprint density at radius 2 is 1.58 bits per heavy atom. The van der Waals surface area contributed by atoms with Gasteiger partial charge < -0.3 is 43.3 Å². The number of allylic oxidation sites excluding steroid dienone is 6. The standard InChI is InChI=1S/C51H82N3O14P/c1-30-16-12-11-13-17-31(2)42(63-8)28-38-21-19-36(7)51(61,67-38)48(58)49(59)54-23-15-14-18-39(54)50(60)66-43(33(4)26-37-20-22-41(44(27-37)64-9)68-69(52,53)62)29-40(55)32(3)25-35(6)46(57)47(65-10)45(56)34(5)24-30/h11-13,16-17,25,30,32-34,36-39,41-44,46-47,57,61H,14-15,18-24,26-29H2,1-10H3,(H4,52,53,62)/b13-11?,16-12+,31-17?,35-25+/t30-,32-,33-,34-,36-,37+,38+,39+,41-,42+,43+,44-,46-,47+,51-/m1/s1. The zero-order valence-corrected chi connectivity index (χ0v) is 43.5. The van der Waals surface area contributed by atoms with E-state index in [0.29, 0.717) is 69.8 Å². The Morgan fingerprint density at radius 3 is 2.23 bits per heavy atom. The summed E-state index contributed by atoms with van der Waals surface area (Å²) in [6.45, 7) is 12.6. The first kappa shape index (κ1) is 58.4. The number of carbonyl (C=O) groups excluding carboxylic acids is 5. The number of ether oxygens (including phenoxy) is 5. The quantitative estimate of drug-likeness (QED) is 0.0910. The molecular weight excluding hydrogens is 910 g/mol. The van der Waals surface area contributed by atoms with Gasteiger partial charge in [-0.25, -0.2) is 15.8 Å². The molecule has 3 aliphatic heterocycles. The predicted octanol–water partition coefficient (Wildman–Crippen LogP) is 6.23. The first-order valence-corrected chi connectivity index (χ1v) is 26.5. The molecule has 17 nitrogen and oxygen atoms in total. The van der Waals surface area contributed by atoms with Crippen LogP contribution in [-0.4, -0.2) is 127 Å². The van der Waals surface area contributed by atoms with Gasteiger partial charge in [0.05, 0.1) is 24.4 Å². The maximum atomic E-state index is 14.5. The van der Waals surface area contributed by atoms with Gasteiger partial charge in [0.25, 0.3) is 11.7 Å². The second kappa shape index (κ2) is 26.5. The van der Waals surface area contributed by atoms with Gasteiger partial charge in [-0.1, -0.05) is 71.1 Å². The van der Waals surface area contributed by atoms with Gasteiger partial charge >= 0.3 is 13.6 Å². The van der Waals surface area contributed by atoms with Crippen molar-refractivity contribution >= 4 is 36.9 Å². The Labute approximate surface area is 409 Å². The summed E-state index contributed by atoms with van der Waals surface area (Å²) in [5, 5.41) is 23.4. The molecule has 6 N–H and O–H groups in total. The average molecular weight is 992 g/mol. The maximum Gasteiger partial charge on any atom is 0.335 e. The number of hydrogen-bond donors (Lipinski definition) is 4. The second-order valence-corrected chi connectivity index (χ2v) is 21.8. The van der Waals surface area contributed by atoms with Crippen molar-refractivity contribution in [3.8, 4) is 0 Å². The van der Waals surface area contributed by atoms with Crippen LogP contribution in [0.15, 0.2) is 47.6 Å². The van der Waals surface area contributed by atoms with E-state index in [-0.39, 0.29) is 42.8 Å². The minimum atomic E-state index is -3.79. The first-order valence-electron chi connectivity index (χ1n) is 24.8. The number of aliphatic hydroxyl groups excluding tert-OH is 1. The summed E-state index contributed by atoms with van der Waals surface area (Å²) in [6, 6.07) is -1.18. The lowest BCUT2D eigenvalue weighted by molar-refractivity contribution is -0.265. The van der Waals surface area contributed by atoms with Crippen LogP contribution in [0, 0.1) is 35.5 Å². The number of rotatable bonds is 8. The molecule has 390 valence electrons. The number of hydrogen-bond acceptors (Lipinski definition) is 14. The molecule has 3 heterocycles. The van der Waals surface area contributed by atoms with Gasteiger partial charge in [0.1, 0.15) is 30.1 Å². The smallest absolute Gasteiger partial charge is 0.335 e. The molecule has 0 aromatic carbocycles. The molecule has 0 radical (unpaired) electrons. The van der Waals surface area contributed by atoms with Crippen LogP contribution >= 0.6 is 7.67 Å². The minimum Gasteiger partial charge on any atom is -0.460 e. The molecule has 4 aliphatic rings. The summed E-state index contributed by atoms with van der Waals surface area (Å²) >= 11 is 0. The monoisotopic (exact) mass is 992 g/mol. The number of esters is 1. The van der Waals surface area contributed by atoms with Crippen molar-refractivity contribution in [2.45, 2.75) is 180 Å². The Kier molecular flexibility index (Phi) is 22.4. The van der Waals surface area contributed by atoms with Crippen molar-refractivity contribution in [1.29, 1.82) is 0 Å². The third kappa shape index (κ3) is 16.1. The molecule has 1 aliphatic carbocycles. The van der Waals surface area contributed by atoms with Crippen LogP contribution < -0.4 is 11.0 Å². The molecule has 1 saturated carbocycles. The molecular formula is C51H82N3O14P. The highest BCUT2D eigenvalue weighted by atomic mass is 31.2. The number of cyclic esters (lactones) is 1. The Bertz CT molecular complexity index is 1950. The van der Waals surface area contributed by atoms with Crippen molar-refractivity contribution in [2.24, 2.45) is 46.5 Å². The summed E-state index contributed by atoms with van der Waals surface area (Å²) in [7, 11) is 0.659. The molecule has 2 saturated heterocycles. The third-order valence-electron chi connectivity index (χ3n) is 14.8. The molecule has 0 unspecified atom stereocenters. The fraction of sp³-hybridized carbons (Fsp3) is 0.745. The zero-order chi connectivity index (χ0) is 51.4. The number of fused-ring (bicyclic) bond motifs is 3. The number of ketones is 3. The SMILES string of the molecule is CO[C@H]1C[C@@H]2CC[C@@H](C)[C@@](O)(O2)C(=O)C(=O)N2CCCC[C@H]2C(=O)O[C@H]([C@H](C)C[C@@H]2CC[C@@H](OP(N)(N)=O)[C@H](OC)C2)CC(=O)[C@H](C)/C=C(\C)[C@@H](O)[C@@H](OC)C(=O)[C@H](C)C[C@H](C)/C=C/C=CC=C1C. The molecule has 69 heavy (non-hydrogen) atoms. The van der Waals surface area contributed by atoms with E-state index in [1.54, 1.807) is 40.9 Å². The summed E-state index contributed by atoms with van der Waals surface area (Å²) in [4.78, 5) is 72.1. The van der Waals surface area contributed by atoms with E-state index < -0.39 is 104 Å². The van der Waals surface area contributed by atoms with Crippen LogP contribution in [0.2, 0.25) is 0 Å². The van der Waals surface area contributed by atoms with Crippen LogP contribution in [0.3, 0.4) is 0 Å². The van der Waals surface area contributed by atoms with E-state index in [1.807, 2.05) is 51.2 Å². The lowest BCUT2D eigenvalue weighted by atomic mass is 9.78. The molecule has 3 fully saturated rings. The lowest BCUT2D eigenvalue weighted by Gasteiger charge is -2.42. The highest BCUT2D eigenvalue weighted by molar-refractivity contribution is 7.53. The van der Waals surface area contributed by atoms with Gasteiger partial charge in [-0.3, -0.25) is 23.7 Å². The number of piperidine rings is 1. The number of nitrogens with zero attached hydrogens (tertiary/aromatic N) is 1. The predicted molar refractivity (Wildman–Crippen MR) is 260 cm³/mol. The summed E-state index contributed by atoms with van der Waals surface area (Å²) in [5.74, 6) is -8.41. The maximum absolute atomic E-state index is 14.5. The third-order valence-corrected chi connectivity index (χ3v) is 15.4. The second-order valence-electron chi connectivity index (χ2n) is 20.3. The summed E-state index contributed by atoms with van der Waals surface area (Å²) in [5.41, 5.74) is 12.3. The van der Waals surface area contributed by atoms with Crippen molar-refractivity contribution in [3.63, 3.8) is 0 Å². The van der Waals surface area contributed by atoms with Crippen LogP contribution in [0.1, 0.15) is 126 Å². The Morgan fingerprint density at radius 1 is 0.870 bits per heavy atom. The van der Waals surface area contributed by atoms with Gasteiger partial charge in [0.15, 0.2) is 5.78 Å². The Hall–Kier alpha value is -3.22. The number of aliphatic hydroxyl groups is 2. The number of carbonyl (C=O) groups is 5. The molecule has 0 spiro atoms. The Balaban J connectivity index is 1.70. The largest absolute Gasteiger partial charge is 0.460 e. The summed E-state index contributed by atoms with van der Waals surface area (Å²) < 4.78 is 47.1. The van der Waals surface area contributed by atoms with Crippen molar-refractivity contribution in [2.75, 3.05) is 27.9 Å². The normalized spacial score (nSPS) is 37.8. The number of amides is 1. The van der Waals surface area contributed by atoms with Crippen molar-refractivity contribution in [1.82, 2.24) is 4.90 Å². The van der Waals surface area contributed by atoms with E-state index in [4.69, 9.17) is 39.2 Å². The van der Waals surface area contributed by atoms with E-state index >= 15 is 0 Å². The van der Waals surface area contributed by atoms with E-state index in [0.717, 1.165) is 5.57 Å². The van der Waals surface area contributed by atoms with Crippen molar-refractivity contribution in [3.05, 3.63) is 47.6 Å². The van der Waals surface area contributed by atoms with Gasteiger partial charge in [0, 0.05) is 58.5 Å². The fourth-order valence-electron chi connectivity index (χ4n) is 10.4. The fourth-order valence-corrected chi connectivity index (χ4v) is 11.1. The van der Waals surface area contributed by atoms with E-state index in [1.165, 1.54) is 19.1 Å². The van der Waals surface area contributed by atoms with E-state index in [9.17, 15) is 38.8 Å². The lowest BCUT2D eigenvalue weighted by Crippen LogP contribution is -2.61. The minimum absolute atomic E-state index is 0.00261. The molecule has 15 atom stereocenters. The number of Topliss-reactive ketones (excluding diaryl/α,β-unsaturated/α-hetero) is 3. The molecule has 0 aromatic rings. The highest BCUT2D eigenvalue weighted by Gasteiger charge is 2.53. The molecule has 0 aromatic heterocycles. The van der Waals surface area contributed by atoms with Gasteiger partial charge in [0.2, 0.25) is 5.79 Å². The number of methoxy groups -OCH3 is 3. The number of nitrogens with two attached hydrogens (primary N) is 2. The average Bonchev–Trinajstić information content (AvgIpc) is 3.30. The van der Waals surface area contributed by atoms with Crippen LogP contribution in [0.4, 0.5) is 0 Å². The topological polar surface area (TPSA) is 254 Å². The molecule has 2 bridgehead atoms. The van der Waals surface area contributed by atoms with Crippen molar-refractivity contribution < 1.29 is 67.0 Å². The first-order chi connectivity index (χ1) is 32.4. The zero-order valence-electron chi connectivity index (χ0n) is 42.6. The van der Waals surface area contributed by atoms with Crippen LogP contribution in [-0.2, 0) is 56.7 Å². The van der Waals surface area contributed by atoms with Gasteiger partial charge in [-0.2, -0.15) is 0 Å². The van der Waals surface area contributed by atoms with E-state index in [2.05, 4.69) is 0 Å². The van der Waals surface area contributed by atoms with Gasteiger partial charge in [-0.05, 0) is 107 Å². The summed E-state index contributed by atoms with van der Waals surface area (Å²) in [6.07, 6.45) is 10.2. The van der Waals surface area contributed by atoms with Crippen LogP contribution in [0.25, 0.3) is 0 Å². The highest BCUT2D eigenvalue weighted by Crippen LogP contribution is 2.41.